The van der Waals surface area contributed by atoms with Crippen LogP contribution < -0.4 is 10.5 Å². The highest BCUT2D eigenvalue weighted by Crippen LogP contribution is 2.23. The Morgan fingerprint density at radius 1 is 1.27 bits per heavy atom. The summed E-state index contributed by atoms with van der Waals surface area (Å²) in [6.07, 6.45) is -4.23. The van der Waals surface area contributed by atoms with Gasteiger partial charge < -0.3 is 25.2 Å². The smallest absolute Gasteiger partial charge is 0.406 e. The summed E-state index contributed by atoms with van der Waals surface area (Å²) in [6, 6.07) is 5.59. The molecule has 0 aliphatic carbocycles. The molecule has 1 aromatic rings. The van der Waals surface area contributed by atoms with E-state index in [1.165, 1.54) is 12.1 Å². The van der Waals surface area contributed by atoms with Crippen molar-refractivity contribution < 1.29 is 27.8 Å². The van der Waals surface area contributed by atoms with E-state index in [0.717, 1.165) is 5.56 Å². The van der Waals surface area contributed by atoms with Crippen LogP contribution >= 0.6 is 24.0 Å². The quantitative estimate of drug-likeness (QED) is 0.363. The van der Waals surface area contributed by atoms with Gasteiger partial charge in [0.1, 0.15) is 5.75 Å². The molecule has 1 unspecified atom stereocenters. The van der Waals surface area contributed by atoms with Gasteiger partial charge in [-0.05, 0) is 24.1 Å². The third-order valence-corrected chi connectivity index (χ3v) is 3.79. The number of hydrogen-bond acceptors (Lipinski definition) is 4. The molecule has 1 atom stereocenters. The lowest BCUT2D eigenvalue weighted by molar-refractivity contribution is -0.274. The Balaban J connectivity index is 0.00000338. The van der Waals surface area contributed by atoms with Gasteiger partial charge in [-0.25, -0.2) is 0 Å². The number of benzene rings is 1. The van der Waals surface area contributed by atoms with Crippen molar-refractivity contribution in [2.45, 2.75) is 12.8 Å². The van der Waals surface area contributed by atoms with Crippen molar-refractivity contribution >= 4 is 29.9 Å². The van der Waals surface area contributed by atoms with Crippen LogP contribution in [-0.4, -0.2) is 61.8 Å². The molecule has 0 radical (unpaired) electrons. The lowest BCUT2D eigenvalue weighted by Crippen LogP contribution is -2.45. The molecule has 148 valence electrons. The maximum Gasteiger partial charge on any atom is 0.573 e. The number of rotatable bonds is 6. The van der Waals surface area contributed by atoms with E-state index in [-0.39, 0.29) is 42.3 Å². The Bertz CT molecular complexity index is 564. The summed E-state index contributed by atoms with van der Waals surface area (Å²) in [5.74, 6) is -0.0315. The van der Waals surface area contributed by atoms with Gasteiger partial charge in [-0.15, -0.1) is 37.1 Å². The number of hydrogen-bond donors (Lipinski definition) is 2. The van der Waals surface area contributed by atoms with Crippen molar-refractivity contribution in [3.05, 3.63) is 29.8 Å². The Labute approximate surface area is 167 Å². The number of aliphatic hydroxyl groups is 1. The molecule has 1 saturated heterocycles. The highest BCUT2D eigenvalue weighted by molar-refractivity contribution is 14.0. The van der Waals surface area contributed by atoms with Crippen molar-refractivity contribution in [3.63, 3.8) is 0 Å². The van der Waals surface area contributed by atoms with Gasteiger partial charge in [-0.1, -0.05) is 12.1 Å². The monoisotopic (exact) mass is 489 g/mol. The number of nitrogens with zero attached hydrogens (tertiary/aromatic N) is 2. The van der Waals surface area contributed by atoms with Crippen LogP contribution in [0, 0.1) is 5.92 Å². The summed E-state index contributed by atoms with van der Waals surface area (Å²) in [4.78, 5) is 6.23. The van der Waals surface area contributed by atoms with Gasteiger partial charge in [0.15, 0.2) is 5.96 Å². The van der Waals surface area contributed by atoms with Gasteiger partial charge in [0.25, 0.3) is 0 Å². The minimum Gasteiger partial charge on any atom is -0.406 e. The van der Waals surface area contributed by atoms with Crippen LogP contribution in [0.15, 0.2) is 29.3 Å². The average molecular weight is 489 g/mol. The number of alkyl halides is 3. The standard InChI is InChI=1S/C16H22F3N3O3.HI/c17-16(18,19)25-14-3-1-12(2-4-14)9-13(11-23)10-21-15(20)22-5-7-24-8-6-22;/h1-4,13,23H,5-11H2,(H2,20,21);1H. The maximum absolute atomic E-state index is 12.1. The average Bonchev–Trinajstić information content (AvgIpc) is 2.59. The fourth-order valence-corrected chi connectivity index (χ4v) is 2.46. The molecule has 0 amide bonds. The third-order valence-electron chi connectivity index (χ3n) is 3.79. The summed E-state index contributed by atoms with van der Waals surface area (Å²) < 4.78 is 45.5. The Kier molecular flexibility index (Phi) is 9.44. The van der Waals surface area contributed by atoms with Crippen molar-refractivity contribution in [2.75, 3.05) is 39.5 Å². The molecule has 3 N–H and O–H groups in total. The number of morpholine rings is 1. The van der Waals surface area contributed by atoms with Crippen LogP contribution in [0.1, 0.15) is 5.56 Å². The molecule has 6 nitrogen and oxygen atoms in total. The van der Waals surface area contributed by atoms with Gasteiger partial charge in [-0.2, -0.15) is 0 Å². The van der Waals surface area contributed by atoms with Gasteiger partial charge in [0.05, 0.1) is 13.2 Å². The molecule has 0 bridgehead atoms. The molecule has 1 aliphatic rings. The molecule has 26 heavy (non-hydrogen) atoms. The zero-order valence-electron chi connectivity index (χ0n) is 14.1. The van der Waals surface area contributed by atoms with Crippen molar-refractivity contribution in [2.24, 2.45) is 16.6 Å². The van der Waals surface area contributed by atoms with Crippen molar-refractivity contribution in [3.8, 4) is 5.75 Å². The number of ether oxygens (including phenoxy) is 2. The third kappa shape index (κ3) is 7.96. The van der Waals surface area contributed by atoms with Gasteiger partial charge in [0, 0.05) is 32.2 Å². The van der Waals surface area contributed by atoms with E-state index in [4.69, 9.17) is 10.5 Å². The molecule has 1 heterocycles. The number of guanidine groups is 1. The van der Waals surface area contributed by atoms with Gasteiger partial charge in [-0.3, -0.25) is 4.99 Å². The lowest BCUT2D eigenvalue weighted by atomic mass is 10.0. The number of aliphatic imine (C=N–C) groups is 1. The highest BCUT2D eigenvalue weighted by Gasteiger charge is 2.30. The molecule has 1 aliphatic heterocycles. The Morgan fingerprint density at radius 3 is 2.42 bits per heavy atom. The Hall–Kier alpha value is -1.27. The van der Waals surface area contributed by atoms with E-state index >= 15 is 0 Å². The number of halogens is 4. The van der Waals surface area contributed by atoms with Crippen LogP contribution in [-0.2, 0) is 11.2 Å². The van der Waals surface area contributed by atoms with E-state index in [1.807, 2.05) is 4.90 Å². The van der Waals surface area contributed by atoms with E-state index in [0.29, 0.717) is 45.2 Å². The summed E-state index contributed by atoms with van der Waals surface area (Å²) in [5, 5.41) is 9.50. The van der Waals surface area contributed by atoms with Crippen molar-refractivity contribution in [1.82, 2.24) is 4.90 Å². The summed E-state index contributed by atoms with van der Waals surface area (Å²) in [7, 11) is 0. The van der Waals surface area contributed by atoms with Crippen LogP contribution in [0.2, 0.25) is 0 Å². The fourth-order valence-electron chi connectivity index (χ4n) is 2.46. The predicted molar refractivity (Wildman–Crippen MR) is 102 cm³/mol. The fraction of sp³-hybridized carbons (Fsp3) is 0.562. The predicted octanol–water partition coefficient (Wildman–Crippen LogP) is 2.00. The normalized spacial score (nSPS) is 16.8. The summed E-state index contributed by atoms with van der Waals surface area (Å²) in [5.41, 5.74) is 6.72. The molecule has 0 aromatic heterocycles. The second-order valence-corrected chi connectivity index (χ2v) is 5.74. The molecular weight excluding hydrogens is 466 g/mol. The first-order valence-corrected chi connectivity index (χ1v) is 7.95. The van der Waals surface area contributed by atoms with E-state index in [2.05, 4.69) is 9.73 Å². The second kappa shape index (κ2) is 10.8. The largest absolute Gasteiger partial charge is 0.573 e. The second-order valence-electron chi connectivity index (χ2n) is 5.74. The SMILES string of the molecule is I.NC(=NCC(CO)Cc1ccc(OC(F)(F)F)cc1)N1CCOCC1. The highest BCUT2D eigenvalue weighted by atomic mass is 127. The minimum absolute atomic E-state index is 0. The Morgan fingerprint density at radius 2 is 1.88 bits per heavy atom. The van der Waals surface area contributed by atoms with E-state index in [9.17, 15) is 18.3 Å². The molecule has 2 rings (SSSR count). The topological polar surface area (TPSA) is 80.3 Å². The van der Waals surface area contributed by atoms with E-state index in [1.54, 1.807) is 12.1 Å². The summed E-state index contributed by atoms with van der Waals surface area (Å²) in [6.45, 7) is 2.80. The maximum atomic E-state index is 12.1. The van der Waals surface area contributed by atoms with E-state index < -0.39 is 6.36 Å². The minimum atomic E-state index is -4.71. The first kappa shape index (κ1) is 22.8. The number of nitrogens with two attached hydrogens (primary N) is 1. The molecule has 0 saturated carbocycles. The summed E-state index contributed by atoms with van der Waals surface area (Å²) >= 11 is 0. The van der Waals surface area contributed by atoms with Crippen molar-refractivity contribution in [1.29, 1.82) is 0 Å². The van der Waals surface area contributed by atoms with Crippen LogP contribution in [0.4, 0.5) is 13.2 Å². The zero-order chi connectivity index (χ0) is 18.3. The van der Waals surface area contributed by atoms with Gasteiger partial charge in [0.2, 0.25) is 0 Å². The zero-order valence-corrected chi connectivity index (χ0v) is 16.4. The van der Waals surface area contributed by atoms with Crippen LogP contribution in [0.25, 0.3) is 0 Å². The molecule has 0 spiro atoms. The first-order valence-electron chi connectivity index (χ1n) is 7.95. The molecule has 1 fully saturated rings. The molecule has 1 aromatic carbocycles. The van der Waals surface area contributed by atoms with Crippen LogP contribution in [0.3, 0.4) is 0 Å². The lowest BCUT2D eigenvalue weighted by Gasteiger charge is -2.27. The first-order chi connectivity index (χ1) is 11.9. The molecular formula is C16H23F3IN3O3. The molecule has 10 heteroatoms. The van der Waals surface area contributed by atoms with Crippen LogP contribution in [0.5, 0.6) is 5.75 Å². The number of aliphatic hydroxyl groups excluding tert-OH is 1. The van der Waals surface area contributed by atoms with Gasteiger partial charge >= 0.3 is 6.36 Å².